The van der Waals surface area contributed by atoms with E-state index in [1.54, 1.807) is 0 Å². The Morgan fingerprint density at radius 3 is 1.07 bits per heavy atom. The standard InChI is InChI=1S/2C12H18O.4C4H9.O.2Sn/c2*1-3-5-7-10-8-6-9-12(13)11(10)4-2;4*1-3-4-2;;;/h2*6,8-9,13H,3-5,7H2,1-2H3;4*1,3-4H2,2H3;;;/q;;;;;;;2*+1/p-2. The molecule has 0 aliphatic rings. The van der Waals surface area contributed by atoms with Crippen LogP contribution >= 0.6 is 0 Å². The molecule has 0 saturated heterocycles. The predicted molar refractivity (Wildman–Crippen MR) is 202 cm³/mol. The molecule has 0 unspecified atom stereocenters. The zero-order valence-corrected chi connectivity index (χ0v) is 36.5. The van der Waals surface area contributed by atoms with E-state index in [-0.39, 0.29) is 0 Å². The maximum absolute atomic E-state index is 8.06. The zero-order chi connectivity index (χ0) is 33.0. The van der Waals surface area contributed by atoms with E-state index in [0.29, 0.717) is 0 Å². The number of aryl methyl sites for hydroxylation is 2. The molecule has 0 heterocycles. The predicted octanol–water partition coefficient (Wildman–Crippen LogP) is 13.1. The van der Waals surface area contributed by atoms with Gasteiger partial charge in [-0.2, -0.15) is 0 Å². The molecule has 0 atom stereocenters. The van der Waals surface area contributed by atoms with Crippen molar-refractivity contribution in [2.45, 2.75) is 176 Å². The number of rotatable bonds is 26. The number of hydrogen-bond donors (Lipinski definition) is 0. The first kappa shape index (κ1) is 40.8. The Balaban J connectivity index is 2.72. The van der Waals surface area contributed by atoms with E-state index < -0.39 is 38.4 Å². The van der Waals surface area contributed by atoms with Crippen LogP contribution < -0.4 is 6.15 Å². The molecule has 0 aromatic heterocycles. The third-order valence-corrected chi connectivity index (χ3v) is 41.9. The van der Waals surface area contributed by atoms with Gasteiger partial charge < -0.3 is 0 Å². The Hall–Kier alpha value is -0.403. The molecular weight excluding hydrogens is 766 g/mol. The molecule has 0 saturated carbocycles. The van der Waals surface area contributed by atoms with Crippen LogP contribution in [0.4, 0.5) is 0 Å². The quantitative estimate of drug-likeness (QED) is 0.0884. The molecule has 45 heavy (non-hydrogen) atoms. The Morgan fingerprint density at radius 1 is 0.444 bits per heavy atom. The van der Waals surface area contributed by atoms with E-state index in [1.165, 1.54) is 99.3 Å². The second-order valence-electron chi connectivity index (χ2n) is 13.2. The van der Waals surface area contributed by atoms with Crippen molar-refractivity contribution < 1.29 is 7.56 Å². The molecule has 0 N–H and O–H groups in total. The Kier molecular flexibility index (Phi) is 20.9. The van der Waals surface area contributed by atoms with Gasteiger partial charge in [0.05, 0.1) is 0 Å². The van der Waals surface area contributed by atoms with Crippen LogP contribution in [0, 0.1) is 0 Å². The van der Waals surface area contributed by atoms with E-state index in [2.05, 4.69) is 91.8 Å². The normalized spacial score (nSPS) is 12.1. The fourth-order valence-corrected chi connectivity index (χ4v) is 48.5. The molecule has 0 spiro atoms. The summed E-state index contributed by atoms with van der Waals surface area (Å²) in [6, 6.07) is 13.7. The van der Waals surface area contributed by atoms with Gasteiger partial charge in [0.15, 0.2) is 0 Å². The molecule has 256 valence electrons. The molecule has 0 fully saturated rings. The van der Waals surface area contributed by atoms with Crippen molar-refractivity contribution in [2.75, 3.05) is 0 Å². The average Bonchev–Trinajstić information content (AvgIpc) is 3.06. The summed E-state index contributed by atoms with van der Waals surface area (Å²) in [6.45, 7) is 18.5. The van der Waals surface area contributed by atoms with Gasteiger partial charge in [-0.15, -0.1) is 0 Å². The molecule has 2 rings (SSSR count). The molecule has 5 heteroatoms. The second kappa shape index (κ2) is 23.0. The first-order valence-corrected chi connectivity index (χ1v) is 31.9. The number of unbranched alkanes of at least 4 members (excludes halogenated alkanes) is 6. The van der Waals surface area contributed by atoms with Crippen LogP contribution in [0.15, 0.2) is 36.4 Å². The summed E-state index contributed by atoms with van der Waals surface area (Å²) in [5.41, 5.74) is 5.79. The summed E-state index contributed by atoms with van der Waals surface area (Å²) in [7, 11) is 0. The average molecular weight is 836 g/mol. The molecule has 0 amide bonds. The van der Waals surface area contributed by atoms with Crippen LogP contribution in [0.1, 0.15) is 155 Å². The Labute approximate surface area is 289 Å². The van der Waals surface area contributed by atoms with E-state index >= 15 is 0 Å². The molecule has 0 aliphatic heterocycles. The summed E-state index contributed by atoms with van der Waals surface area (Å²) < 4.78 is 27.8. The minimum absolute atomic E-state index is 1.01. The topological polar surface area (TPSA) is 27.7 Å². The third-order valence-electron chi connectivity index (χ3n) is 9.38. The van der Waals surface area contributed by atoms with Gasteiger partial charge in [-0.1, -0.05) is 0 Å². The van der Waals surface area contributed by atoms with Gasteiger partial charge in [0.25, 0.3) is 0 Å². The summed E-state index contributed by atoms with van der Waals surface area (Å²) in [4.78, 5) is 0. The van der Waals surface area contributed by atoms with Crippen LogP contribution in [0.25, 0.3) is 0 Å². The van der Waals surface area contributed by atoms with E-state index in [9.17, 15) is 0 Å². The van der Waals surface area contributed by atoms with E-state index in [0.717, 1.165) is 54.9 Å². The van der Waals surface area contributed by atoms with Gasteiger partial charge in [-0.3, -0.25) is 0 Å². The van der Waals surface area contributed by atoms with Gasteiger partial charge in [-0.25, -0.2) is 0 Å². The molecule has 2 aromatic carbocycles. The molecule has 0 aliphatic carbocycles. The SMILES string of the molecule is CCCCc1cccc([O][Sn]([CH2]CCC)([CH2]CCC)[O][Sn]([CH2]CCC)([CH2]CCC)[O]c2cccc(CCCC)c2CC)c1CC. The van der Waals surface area contributed by atoms with Crippen LogP contribution in [-0.4, -0.2) is 38.4 Å². The van der Waals surface area contributed by atoms with Gasteiger partial charge in [0, 0.05) is 0 Å². The summed E-state index contributed by atoms with van der Waals surface area (Å²) >= 11 is -7.39. The van der Waals surface area contributed by atoms with Gasteiger partial charge in [-0.05, 0) is 0 Å². The molecular formula is C40H70O3Sn2. The van der Waals surface area contributed by atoms with Crippen molar-refractivity contribution >= 4 is 38.4 Å². The Morgan fingerprint density at radius 2 is 0.778 bits per heavy atom. The van der Waals surface area contributed by atoms with Crippen molar-refractivity contribution in [2.24, 2.45) is 0 Å². The summed E-state index contributed by atoms with van der Waals surface area (Å²) in [5.74, 6) is 2.27. The third kappa shape index (κ3) is 13.2. The fourth-order valence-electron chi connectivity index (χ4n) is 6.64. The molecule has 0 radical (unpaired) electrons. The second-order valence-corrected chi connectivity index (χ2v) is 35.0. The van der Waals surface area contributed by atoms with Crippen LogP contribution in [0.2, 0.25) is 17.7 Å². The summed E-state index contributed by atoms with van der Waals surface area (Å²) in [5, 5.41) is 0. The van der Waals surface area contributed by atoms with Gasteiger partial charge in [0.2, 0.25) is 0 Å². The maximum atomic E-state index is 8.06. The van der Waals surface area contributed by atoms with E-state index in [4.69, 9.17) is 7.56 Å². The molecule has 0 bridgehead atoms. The number of hydrogen-bond acceptors (Lipinski definition) is 3. The van der Waals surface area contributed by atoms with Crippen molar-refractivity contribution in [3.05, 3.63) is 58.7 Å². The minimum atomic E-state index is -3.69. The van der Waals surface area contributed by atoms with Crippen molar-refractivity contribution in [1.29, 1.82) is 0 Å². The summed E-state index contributed by atoms with van der Waals surface area (Å²) in [6.07, 6.45) is 18.7. The monoisotopic (exact) mass is 838 g/mol. The number of benzene rings is 2. The van der Waals surface area contributed by atoms with E-state index in [1.807, 2.05) is 0 Å². The van der Waals surface area contributed by atoms with Crippen LogP contribution in [0.5, 0.6) is 11.5 Å². The van der Waals surface area contributed by atoms with Crippen molar-refractivity contribution in [1.82, 2.24) is 0 Å². The first-order valence-electron chi connectivity index (χ1n) is 19.2. The first-order chi connectivity index (χ1) is 21.9. The fraction of sp³-hybridized carbons (Fsp3) is 0.700. The van der Waals surface area contributed by atoms with Crippen molar-refractivity contribution in [3.8, 4) is 11.5 Å². The Bertz CT molecular complexity index is 970. The van der Waals surface area contributed by atoms with Crippen LogP contribution in [-0.2, 0) is 27.1 Å². The van der Waals surface area contributed by atoms with Gasteiger partial charge in [0.1, 0.15) is 0 Å². The van der Waals surface area contributed by atoms with Crippen LogP contribution in [0.3, 0.4) is 0 Å². The zero-order valence-electron chi connectivity index (χ0n) is 30.8. The van der Waals surface area contributed by atoms with Gasteiger partial charge >= 0.3 is 292 Å². The van der Waals surface area contributed by atoms with Crippen molar-refractivity contribution in [3.63, 3.8) is 0 Å². The molecule has 2 aromatic rings. The molecule has 3 nitrogen and oxygen atoms in total.